The summed E-state index contributed by atoms with van der Waals surface area (Å²) in [5.74, 6) is -0.0311. The van der Waals surface area contributed by atoms with Crippen LogP contribution in [-0.2, 0) is 4.79 Å². The summed E-state index contributed by atoms with van der Waals surface area (Å²) in [6.45, 7) is 5.27. The van der Waals surface area contributed by atoms with Gasteiger partial charge < -0.3 is 10.4 Å². The second kappa shape index (κ2) is 5.35. The van der Waals surface area contributed by atoms with E-state index < -0.39 is 5.97 Å². The second-order valence-corrected chi connectivity index (χ2v) is 4.68. The monoisotopic (exact) mass is 199 g/mol. The van der Waals surface area contributed by atoms with Crippen molar-refractivity contribution in [1.82, 2.24) is 5.32 Å². The summed E-state index contributed by atoms with van der Waals surface area (Å²) >= 11 is 0. The molecule has 0 aliphatic carbocycles. The molecule has 0 aromatic heterocycles. The molecule has 0 spiro atoms. The van der Waals surface area contributed by atoms with Crippen LogP contribution >= 0.6 is 0 Å². The zero-order chi connectivity index (χ0) is 10.6. The third-order valence-electron chi connectivity index (χ3n) is 2.94. The van der Waals surface area contributed by atoms with E-state index >= 15 is 0 Å². The highest BCUT2D eigenvalue weighted by Crippen LogP contribution is 2.20. The van der Waals surface area contributed by atoms with Gasteiger partial charge in [-0.15, -0.1) is 0 Å². The fourth-order valence-corrected chi connectivity index (χ4v) is 1.99. The molecule has 0 aromatic carbocycles. The minimum absolute atomic E-state index is 0.117. The van der Waals surface area contributed by atoms with Gasteiger partial charge in [0.2, 0.25) is 0 Å². The molecule has 0 amide bonds. The van der Waals surface area contributed by atoms with Gasteiger partial charge >= 0.3 is 5.97 Å². The smallest absolute Gasteiger partial charge is 0.306 e. The van der Waals surface area contributed by atoms with Crippen molar-refractivity contribution in [3.8, 4) is 0 Å². The summed E-state index contributed by atoms with van der Waals surface area (Å²) in [7, 11) is 0. The summed E-state index contributed by atoms with van der Waals surface area (Å²) in [6, 6.07) is 0.423. The van der Waals surface area contributed by atoms with Crippen molar-refractivity contribution in [2.45, 2.75) is 45.6 Å². The predicted molar refractivity (Wildman–Crippen MR) is 56.2 cm³/mol. The summed E-state index contributed by atoms with van der Waals surface area (Å²) in [5, 5.41) is 12.3. The van der Waals surface area contributed by atoms with E-state index in [0.29, 0.717) is 12.0 Å². The Morgan fingerprint density at radius 1 is 1.57 bits per heavy atom. The number of piperidine rings is 1. The molecule has 1 fully saturated rings. The molecule has 1 heterocycles. The Morgan fingerprint density at radius 3 is 2.86 bits per heavy atom. The second-order valence-electron chi connectivity index (χ2n) is 4.68. The van der Waals surface area contributed by atoms with E-state index in [1.165, 1.54) is 6.42 Å². The van der Waals surface area contributed by atoms with E-state index in [1.54, 1.807) is 0 Å². The van der Waals surface area contributed by atoms with E-state index in [9.17, 15) is 4.79 Å². The van der Waals surface area contributed by atoms with Crippen LogP contribution in [0.4, 0.5) is 0 Å². The molecule has 2 unspecified atom stereocenters. The molecule has 0 saturated carbocycles. The van der Waals surface area contributed by atoms with Crippen molar-refractivity contribution in [1.29, 1.82) is 0 Å². The van der Waals surface area contributed by atoms with Crippen molar-refractivity contribution in [2.24, 2.45) is 11.8 Å². The number of aliphatic carboxylic acids is 1. The molecular weight excluding hydrogens is 178 g/mol. The van der Waals surface area contributed by atoms with Crippen LogP contribution < -0.4 is 5.32 Å². The Balaban J connectivity index is 2.29. The van der Waals surface area contributed by atoms with Gasteiger partial charge in [-0.2, -0.15) is 0 Å². The molecule has 0 radical (unpaired) electrons. The minimum Gasteiger partial charge on any atom is -0.481 e. The number of carboxylic acid groups (broad SMARTS) is 1. The molecule has 82 valence electrons. The minimum atomic E-state index is -0.624. The maximum absolute atomic E-state index is 10.8. The van der Waals surface area contributed by atoms with Crippen molar-refractivity contribution in [2.75, 3.05) is 6.54 Å². The fourth-order valence-electron chi connectivity index (χ4n) is 1.99. The van der Waals surface area contributed by atoms with E-state index in [0.717, 1.165) is 25.8 Å². The average Bonchev–Trinajstić information content (AvgIpc) is 2.15. The lowest BCUT2D eigenvalue weighted by Crippen LogP contribution is -2.40. The number of carboxylic acids is 1. The molecule has 14 heavy (non-hydrogen) atoms. The highest BCUT2D eigenvalue weighted by molar-refractivity contribution is 5.70. The lowest BCUT2D eigenvalue weighted by atomic mass is 9.89. The number of carbonyl (C=O) groups is 1. The van der Waals surface area contributed by atoms with E-state index in [2.05, 4.69) is 19.2 Å². The van der Waals surface area contributed by atoms with Crippen LogP contribution in [0.3, 0.4) is 0 Å². The van der Waals surface area contributed by atoms with Crippen molar-refractivity contribution in [3.63, 3.8) is 0 Å². The highest BCUT2D eigenvalue weighted by Gasteiger charge is 2.26. The number of hydrogen-bond acceptors (Lipinski definition) is 2. The summed E-state index contributed by atoms with van der Waals surface area (Å²) in [5.41, 5.74) is 0. The Morgan fingerprint density at radius 2 is 2.29 bits per heavy atom. The van der Waals surface area contributed by atoms with Gasteiger partial charge in [0.15, 0.2) is 0 Å². The molecule has 2 atom stereocenters. The summed E-state index contributed by atoms with van der Waals surface area (Å²) in [6.07, 6.45) is 3.89. The molecule has 2 N–H and O–H groups in total. The highest BCUT2D eigenvalue weighted by atomic mass is 16.4. The first-order chi connectivity index (χ1) is 6.59. The maximum atomic E-state index is 10.8. The molecule has 0 aromatic rings. The first-order valence-corrected chi connectivity index (χ1v) is 5.55. The van der Waals surface area contributed by atoms with Gasteiger partial charge in [-0.25, -0.2) is 0 Å². The number of nitrogens with one attached hydrogen (secondary N) is 1. The third-order valence-corrected chi connectivity index (χ3v) is 2.94. The maximum Gasteiger partial charge on any atom is 0.306 e. The van der Waals surface area contributed by atoms with Crippen LogP contribution in [0.1, 0.15) is 39.5 Å². The van der Waals surface area contributed by atoms with E-state index in [4.69, 9.17) is 5.11 Å². The standard InChI is InChI=1S/C11H21NO2/c1-8(2)3-4-10-7-9(11(13)14)5-6-12-10/h8-10,12H,3-7H2,1-2H3,(H,13,14). The van der Waals surface area contributed by atoms with Crippen molar-refractivity contribution >= 4 is 5.97 Å². The normalized spacial score (nSPS) is 27.9. The molecule has 3 nitrogen and oxygen atoms in total. The number of rotatable bonds is 4. The largest absolute Gasteiger partial charge is 0.481 e. The fraction of sp³-hybridized carbons (Fsp3) is 0.909. The molecule has 1 aliphatic rings. The lowest BCUT2D eigenvalue weighted by Gasteiger charge is -2.28. The molecule has 1 aliphatic heterocycles. The van der Waals surface area contributed by atoms with E-state index in [-0.39, 0.29) is 5.92 Å². The third kappa shape index (κ3) is 3.66. The Hall–Kier alpha value is -0.570. The van der Waals surface area contributed by atoms with Crippen molar-refractivity contribution in [3.05, 3.63) is 0 Å². The first kappa shape index (κ1) is 11.5. The van der Waals surface area contributed by atoms with Crippen LogP contribution in [0.15, 0.2) is 0 Å². The lowest BCUT2D eigenvalue weighted by molar-refractivity contribution is -0.143. The Kier molecular flexibility index (Phi) is 4.39. The predicted octanol–water partition coefficient (Wildman–Crippen LogP) is 1.88. The first-order valence-electron chi connectivity index (χ1n) is 5.55. The topological polar surface area (TPSA) is 49.3 Å². The summed E-state index contributed by atoms with van der Waals surface area (Å²) in [4.78, 5) is 10.8. The Labute approximate surface area is 85.9 Å². The molecular formula is C11H21NO2. The van der Waals surface area contributed by atoms with Gasteiger partial charge in [-0.1, -0.05) is 13.8 Å². The SMILES string of the molecule is CC(C)CCC1CC(C(=O)O)CCN1. The van der Waals surface area contributed by atoms with Crippen LogP contribution in [0.2, 0.25) is 0 Å². The molecule has 1 saturated heterocycles. The van der Waals surface area contributed by atoms with Gasteiger partial charge in [-0.05, 0) is 38.1 Å². The van der Waals surface area contributed by atoms with Crippen LogP contribution in [0.25, 0.3) is 0 Å². The molecule has 1 rings (SSSR count). The van der Waals surface area contributed by atoms with Gasteiger partial charge in [-0.3, -0.25) is 4.79 Å². The zero-order valence-electron chi connectivity index (χ0n) is 9.12. The van der Waals surface area contributed by atoms with Gasteiger partial charge in [0, 0.05) is 6.04 Å². The molecule has 3 heteroatoms. The van der Waals surface area contributed by atoms with Crippen LogP contribution in [-0.4, -0.2) is 23.7 Å². The van der Waals surface area contributed by atoms with Crippen LogP contribution in [0, 0.1) is 11.8 Å². The van der Waals surface area contributed by atoms with Crippen molar-refractivity contribution < 1.29 is 9.90 Å². The molecule has 0 bridgehead atoms. The number of hydrogen-bond donors (Lipinski definition) is 2. The Bertz CT molecular complexity index is 192. The zero-order valence-corrected chi connectivity index (χ0v) is 9.12. The van der Waals surface area contributed by atoms with E-state index in [1.807, 2.05) is 0 Å². The summed E-state index contributed by atoms with van der Waals surface area (Å²) < 4.78 is 0. The van der Waals surface area contributed by atoms with Crippen LogP contribution in [0.5, 0.6) is 0 Å². The van der Waals surface area contributed by atoms with Gasteiger partial charge in [0.05, 0.1) is 5.92 Å². The quantitative estimate of drug-likeness (QED) is 0.726. The average molecular weight is 199 g/mol. The van der Waals surface area contributed by atoms with Gasteiger partial charge in [0.1, 0.15) is 0 Å². The van der Waals surface area contributed by atoms with Gasteiger partial charge in [0.25, 0.3) is 0 Å².